The van der Waals surface area contributed by atoms with Crippen LogP contribution < -0.4 is 10.6 Å². The average molecular weight is 363 g/mol. The number of hydrogen-bond acceptors (Lipinski definition) is 3. The Labute approximate surface area is 136 Å². The van der Waals surface area contributed by atoms with Gasteiger partial charge < -0.3 is 10.6 Å². The Balaban J connectivity index is 1.86. The third kappa shape index (κ3) is 3.00. The fourth-order valence-electron chi connectivity index (χ4n) is 2.37. The first kappa shape index (κ1) is 14.6. The topological polar surface area (TPSA) is 41.1 Å². The first-order chi connectivity index (χ1) is 10.2. The van der Waals surface area contributed by atoms with E-state index in [0.29, 0.717) is 0 Å². The van der Waals surface area contributed by atoms with E-state index in [2.05, 4.69) is 38.7 Å². The van der Waals surface area contributed by atoms with Crippen molar-refractivity contribution in [1.29, 1.82) is 0 Å². The minimum absolute atomic E-state index is 0.0230. The molecule has 21 heavy (non-hydrogen) atoms. The Morgan fingerprint density at radius 2 is 2.10 bits per heavy atom. The van der Waals surface area contributed by atoms with Gasteiger partial charge in [0.15, 0.2) is 0 Å². The highest BCUT2D eigenvalue weighted by molar-refractivity contribution is 9.10. The van der Waals surface area contributed by atoms with Crippen molar-refractivity contribution in [2.24, 2.45) is 0 Å². The summed E-state index contributed by atoms with van der Waals surface area (Å²) in [7, 11) is 0. The van der Waals surface area contributed by atoms with E-state index in [1.54, 1.807) is 11.8 Å². The number of carbonyl (C=O) groups excluding carboxylic acids is 1. The molecule has 0 saturated heterocycles. The number of anilines is 1. The first-order valence-electron chi connectivity index (χ1n) is 6.79. The number of amides is 1. The number of halogens is 1. The smallest absolute Gasteiger partial charge is 0.246 e. The van der Waals surface area contributed by atoms with Crippen molar-refractivity contribution in [3.63, 3.8) is 0 Å². The largest absolute Gasteiger partial charge is 0.324 e. The molecule has 1 atom stereocenters. The Hall–Kier alpha value is -1.30. The molecule has 2 aromatic carbocycles. The Bertz CT molecular complexity index is 690. The van der Waals surface area contributed by atoms with E-state index in [1.807, 2.05) is 37.3 Å². The summed E-state index contributed by atoms with van der Waals surface area (Å²) in [4.78, 5) is 14.2. The van der Waals surface area contributed by atoms with Crippen LogP contribution in [0.3, 0.4) is 0 Å². The molecule has 1 heterocycles. The SMILES string of the molecule is CCNC1C(=O)Nc2cc(Sc3ccccc3Br)ccc21. The van der Waals surface area contributed by atoms with Crippen LogP contribution in [0.4, 0.5) is 5.69 Å². The van der Waals surface area contributed by atoms with Crippen molar-refractivity contribution < 1.29 is 4.79 Å². The summed E-state index contributed by atoms with van der Waals surface area (Å²) in [5, 5.41) is 6.15. The molecule has 5 heteroatoms. The molecule has 0 aliphatic carbocycles. The van der Waals surface area contributed by atoms with Gasteiger partial charge in [0, 0.05) is 25.5 Å². The van der Waals surface area contributed by atoms with Gasteiger partial charge in [0.05, 0.1) is 0 Å². The molecule has 2 aromatic rings. The van der Waals surface area contributed by atoms with Gasteiger partial charge in [-0.2, -0.15) is 0 Å². The van der Waals surface area contributed by atoms with Crippen LogP contribution in [0, 0.1) is 0 Å². The fraction of sp³-hybridized carbons (Fsp3) is 0.188. The zero-order valence-electron chi connectivity index (χ0n) is 11.5. The number of carbonyl (C=O) groups is 1. The molecule has 1 amide bonds. The predicted octanol–water partition coefficient (Wildman–Crippen LogP) is 4.20. The molecule has 108 valence electrons. The lowest BCUT2D eigenvalue weighted by molar-refractivity contribution is -0.117. The molecule has 1 aliphatic heterocycles. The second kappa shape index (κ2) is 6.22. The summed E-state index contributed by atoms with van der Waals surface area (Å²) in [6.07, 6.45) is 0. The van der Waals surface area contributed by atoms with E-state index >= 15 is 0 Å². The molecule has 0 bridgehead atoms. The van der Waals surface area contributed by atoms with E-state index in [9.17, 15) is 4.79 Å². The normalized spacial score (nSPS) is 16.7. The molecule has 0 spiro atoms. The van der Waals surface area contributed by atoms with Crippen LogP contribution in [0.25, 0.3) is 0 Å². The van der Waals surface area contributed by atoms with Crippen LogP contribution >= 0.6 is 27.7 Å². The summed E-state index contributed by atoms with van der Waals surface area (Å²) in [6, 6.07) is 14.0. The lowest BCUT2D eigenvalue weighted by Crippen LogP contribution is -2.27. The summed E-state index contributed by atoms with van der Waals surface area (Å²) in [5.41, 5.74) is 1.93. The van der Waals surface area contributed by atoms with Crippen molar-refractivity contribution in [2.45, 2.75) is 22.8 Å². The molecule has 1 aliphatic rings. The Morgan fingerprint density at radius 3 is 2.86 bits per heavy atom. The number of fused-ring (bicyclic) bond motifs is 1. The number of hydrogen-bond donors (Lipinski definition) is 2. The summed E-state index contributed by atoms with van der Waals surface area (Å²) < 4.78 is 1.07. The average Bonchev–Trinajstić information content (AvgIpc) is 2.78. The number of likely N-dealkylation sites (N-methyl/N-ethyl adjacent to an activating group) is 1. The molecular weight excluding hydrogens is 348 g/mol. The quantitative estimate of drug-likeness (QED) is 0.855. The van der Waals surface area contributed by atoms with E-state index in [-0.39, 0.29) is 11.9 Å². The highest BCUT2D eigenvalue weighted by atomic mass is 79.9. The van der Waals surface area contributed by atoms with E-state index < -0.39 is 0 Å². The lowest BCUT2D eigenvalue weighted by Gasteiger charge is -2.10. The van der Waals surface area contributed by atoms with Gasteiger partial charge in [0.1, 0.15) is 6.04 Å². The maximum atomic E-state index is 12.0. The zero-order chi connectivity index (χ0) is 14.8. The second-order valence-corrected chi connectivity index (χ2v) is 6.73. The van der Waals surface area contributed by atoms with Crippen molar-refractivity contribution >= 4 is 39.3 Å². The van der Waals surface area contributed by atoms with Crippen molar-refractivity contribution in [3.8, 4) is 0 Å². The van der Waals surface area contributed by atoms with Crippen molar-refractivity contribution in [2.75, 3.05) is 11.9 Å². The third-order valence-corrected chi connectivity index (χ3v) is 5.35. The lowest BCUT2D eigenvalue weighted by atomic mass is 10.1. The number of rotatable bonds is 4. The molecular formula is C16H15BrN2OS. The van der Waals surface area contributed by atoms with Crippen LogP contribution in [0.5, 0.6) is 0 Å². The molecule has 1 unspecified atom stereocenters. The molecule has 0 fully saturated rings. The molecule has 0 radical (unpaired) electrons. The van der Waals surface area contributed by atoms with Crippen LogP contribution in [0.15, 0.2) is 56.7 Å². The van der Waals surface area contributed by atoms with Gasteiger partial charge in [-0.1, -0.05) is 36.9 Å². The third-order valence-electron chi connectivity index (χ3n) is 3.33. The molecule has 0 saturated carbocycles. The van der Waals surface area contributed by atoms with Gasteiger partial charge in [0.2, 0.25) is 5.91 Å². The molecule has 3 nitrogen and oxygen atoms in total. The fourth-order valence-corrected chi connectivity index (χ4v) is 3.77. The van der Waals surface area contributed by atoms with Gasteiger partial charge in [-0.05, 0) is 46.7 Å². The monoisotopic (exact) mass is 362 g/mol. The van der Waals surface area contributed by atoms with Gasteiger partial charge >= 0.3 is 0 Å². The first-order valence-corrected chi connectivity index (χ1v) is 8.40. The minimum Gasteiger partial charge on any atom is -0.324 e. The van der Waals surface area contributed by atoms with Crippen LogP contribution in [-0.2, 0) is 4.79 Å². The van der Waals surface area contributed by atoms with E-state index in [4.69, 9.17) is 0 Å². The number of nitrogens with one attached hydrogen (secondary N) is 2. The highest BCUT2D eigenvalue weighted by Gasteiger charge is 2.29. The van der Waals surface area contributed by atoms with Crippen molar-refractivity contribution in [1.82, 2.24) is 5.32 Å². The van der Waals surface area contributed by atoms with Gasteiger partial charge in [-0.3, -0.25) is 4.79 Å². The van der Waals surface area contributed by atoms with Gasteiger partial charge in [-0.15, -0.1) is 0 Å². The van der Waals surface area contributed by atoms with Crippen LogP contribution in [0.2, 0.25) is 0 Å². The van der Waals surface area contributed by atoms with Crippen molar-refractivity contribution in [3.05, 3.63) is 52.5 Å². The highest BCUT2D eigenvalue weighted by Crippen LogP contribution is 2.38. The Morgan fingerprint density at radius 1 is 1.29 bits per heavy atom. The van der Waals surface area contributed by atoms with E-state index in [1.165, 1.54) is 0 Å². The molecule has 0 aromatic heterocycles. The standard InChI is InChI=1S/C16H15BrN2OS/c1-2-18-15-11-8-7-10(9-13(11)19-16(15)20)21-14-6-4-3-5-12(14)17/h3-9,15,18H,2H2,1H3,(H,19,20). The second-order valence-electron chi connectivity index (χ2n) is 4.76. The van der Waals surface area contributed by atoms with E-state index in [0.717, 1.165) is 32.1 Å². The molecule has 3 rings (SSSR count). The zero-order valence-corrected chi connectivity index (χ0v) is 13.9. The van der Waals surface area contributed by atoms with Crippen LogP contribution in [0.1, 0.15) is 18.5 Å². The summed E-state index contributed by atoms with van der Waals surface area (Å²) >= 11 is 5.23. The summed E-state index contributed by atoms with van der Waals surface area (Å²) in [6.45, 7) is 2.77. The maximum Gasteiger partial charge on any atom is 0.246 e. The van der Waals surface area contributed by atoms with Gasteiger partial charge in [-0.25, -0.2) is 0 Å². The summed E-state index contributed by atoms with van der Waals surface area (Å²) in [5.74, 6) is 0.0230. The van der Waals surface area contributed by atoms with Crippen LogP contribution in [-0.4, -0.2) is 12.5 Å². The Kier molecular flexibility index (Phi) is 4.33. The van der Waals surface area contributed by atoms with Gasteiger partial charge in [0.25, 0.3) is 0 Å². The predicted molar refractivity (Wildman–Crippen MR) is 89.8 cm³/mol. The minimum atomic E-state index is -0.229. The maximum absolute atomic E-state index is 12.0. The number of benzene rings is 2. The molecule has 2 N–H and O–H groups in total.